The predicted molar refractivity (Wildman–Crippen MR) is 73.7 cm³/mol. The van der Waals surface area contributed by atoms with E-state index in [-0.39, 0.29) is 0 Å². The van der Waals surface area contributed by atoms with Crippen LogP contribution in [0.2, 0.25) is 5.02 Å². The summed E-state index contributed by atoms with van der Waals surface area (Å²) in [7, 11) is 0. The molecule has 0 heterocycles. The fourth-order valence-corrected chi connectivity index (χ4v) is 1.82. The van der Waals surface area contributed by atoms with Crippen LogP contribution in [0.1, 0.15) is 15.9 Å². The van der Waals surface area contributed by atoms with E-state index in [4.69, 9.17) is 17.3 Å². The molecule has 5 heteroatoms. The van der Waals surface area contributed by atoms with Gasteiger partial charge in [-0.2, -0.15) is 0 Å². The lowest BCUT2D eigenvalue weighted by atomic mass is 10.1. The SMILES string of the molecule is NC(=O)c1cccc(CNc2ccc(Cl)cc2F)c1. The Morgan fingerprint density at radius 3 is 2.74 bits per heavy atom. The normalized spacial score (nSPS) is 10.2. The molecule has 19 heavy (non-hydrogen) atoms. The molecule has 0 unspecified atom stereocenters. The van der Waals surface area contributed by atoms with Gasteiger partial charge in [-0.25, -0.2) is 4.39 Å². The number of amides is 1. The lowest BCUT2D eigenvalue weighted by Gasteiger charge is -2.08. The smallest absolute Gasteiger partial charge is 0.248 e. The van der Waals surface area contributed by atoms with Gasteiger partial charge < -0.3 is 11.1 Å². The van der Waals surface area contributed by atoms with Crippen LogP contribution in [-0.2, 0) is 6.54 Å². The summed E-state index contributed by atoms with van der Waals surface area (Å²) in [6.07, 6.45) is 0. The van der Waals surface area contributed by atoms with Crippen LogP contribution in [-0.4, -0.2) is 5.91 Å². The lowest BCUT2D eigenvalue weighted by molar-refractivity contribution is 0.1000. The molecule has 0 aliphatic rings. The van der Waals surface area contributed by atoms with Gasteiger partial charge in [-0.15, -0.1) is 0 Å². The standard InChI is InChI=1S/C14H12ClFN2O/c15-11-4-5-13(12(16)7-11)18-8-9-2-1-3-10(6-9)14(17)19/h1-7,18H,8H2,(H2,17,19). The molecule has 0 fully saturated rings. The highest BCUT2D eigenvalue weighted by Crippen LogP contribution is 2.19. The van der Waals surface area contributed by atoms with Crippen LogP contribution in [0.15, 0.2) is 42.5 Å². The van der Waals surface area contributed by atoms with Crippen LogP contribution < -0.4 is 11.1 Å². The second kappa shape index (κ2) is 5.71. The molecule has 0 bridgehead atoms. The molecule has 0 radical (unpaired) electrons. The second-order valence-corrected chi connectivity index (χ2v) is 4.48. The van der Waals surface area contributed by atoms with Crippen molar-refractivity contribution in [3.63, 3.8) is 0 Å². The van der Waals surface area contributed by atoms with Crippen LogP contribution in [0.3, 0.4) is 0 Å². The minimum absolute atomic E-state index is 0.346. The van der Waals surface area contributed by atoms with E-state index >= 15 is 0 Å². The molecule has 0 spiro atoms. The number of carbonyl (C=O) groups excluding carboxylic acids is 1. The van der Waals surface area contributed by atoms with Gasteiger partial charge in [0, 0.05) is 17.1 Å². The fraction of sp³-hybridized carbons (Fsp3) is 0.0714. The minimum Gasteiger partial charge on any atom is -0.379 e. The number of anilines is 1. The topological polar surface area (TPSA) is 55.1 Å². The van der Waals surface area contributed by atoms with Gasteiger partial charge in [-0.1, -0.05) is 23.7 Å². The highest BCUT2D eigenvalue weighted by molar-refractivity contribution is 6.30. The molecule has 2 aromatic rings. The van der Waals surface area contributed by atoms with Crippen LogP contribution in [0, 0.1) is 5.82 Å². The maximum atomic E-state index is 13.5. The first-order valence-electron chi connectivity index (χ1n) is 5.64. The molecule has 3 N–H and O–H groups in total. The second-order valence-electron chi connectivity index (χ2n) is 4.04. The van der Waals surface area contributed by atoms with Crippen molar-refractivity contribution < 1.29 is 9.18 Å². The Bertz CT molecular complexity index is 616. The molecule has 0 aromatic heterocycles. The number of halogens is 2. The summed E-state index contributed by atoms with van der Waals surface area (Å²) < 4.78 is 13.5. The zero-order valence-electron chi connectivity index (χ0n) is 9.99. The van der Waals surface area contributed by atoms with Gasteiger partial charge in [0.2, 0.25) is 5.91 Å². The Morgan fingerprint density at radius 1 is 1.26 bits per heavy atom. The van der Waals surface area contributed by atoms with Gasteiger partial charge in [0.1, 0.15) is 5.82 Å². The van der Waals surface area contributed by atoms with Crippen LogP contribution in [0.25, 0.3) is 0 Å². The summed E-state index contributed by atoms with van der Waals surface area (Å²) in [4.78, 5) is 11.0. The largest absolute Gasteiger partial charge is 0.379 e. The number of nitrogens with one attached hydrogen (secondary N) is 1. The maximum Gasteiger partial charge on any atom is 0.248 e. The van der Waals surface area contributed by atoms with Crippen molar-refractivity contribution >= 4 is 23.2 Å². The summed E-state index contributed by atoms with van der Waals surface area (Å²) in [6, 6.07) is 11.3. The molecular formula is C14H12ClFN2O. The number of nitrogens with two attached hydrogens (primary N) is 1. The van der Waals surface area contributed by atoms with E-state index < -0.39 is 11.7 Å². The quantitative estimate of drug-likeness (QED) is 0.902. The molecule has 2 aromatic carbocycles. The van der Waals surface area contributed by atoms with E-state index in [0.717, 1.165) is 5.56 Å². The predicted octanol–water partition coefficient (Wildman–Crippen LogP) is 3.19. The fourth-order valence-electron chi connectivity index (χ4n) is 1.66. The van der Waals surface area contributed by atoms with Crippen molar-refractivity contribution in [2.24, 2.45) is 5.73 Å². The first-order valence-corrected chi connectivity index (χ1v) is 6.02. The minimum atomic E-state index is -0.487. The van der Waals surface area contributed by atoms with Gasteiger partial charge in [0.25, 0.3) is 0 Å². The number of benzene rings is 2. The molecule has 2 rings (SSSR count). The van der Waals surface area contributed by atoms with E-state index in [1.807, 2.05) is 6.07 Å². The van der Waals surface area contributed by atoms with Crippen molar-refractivity contribution in [1.29, 1.82) is 0 Å². The van der Waals surface area contributed by atoms with Gasteiger partial charge >= 0.3 is 0 Å². The zero-order chi connectivity index (χ0) is 13.8. The summed E-state index contributed by atoms with van der Waals surface area (Å²) in [6.45, 7) is 0.389. The van der Waals surface area contributed by atoms with E-state index in [9.17, 15) is 9.18 Å². The van der Waals surface area contributed by atoms with Crippen LogP contribution in [0.5, 0.6) is 0 Å². The summed E-state index contributed by atoms with van der Waals surface area (Å²) in [5.41, 5.74) is 6.82. The van der Waals surface area contributed by atoms with Crippen LogP contribution >= 0.6 is 11.6 Å². The molecule has 0 saturated heterocycles. The van der Waals surface area contributed by atoms with Gasteiger partial charge in [0.15, 0.2) is 0 Å². The molecule has 0 aliphatic carbocycles. The Kier molecular flexibility index (Phi) is 4.02. The number of rotatable bonds is 4. The highest BCUT2D eigenvalue weighted by atomic mass is 35.5. The van der Waals surface area contributed by atoms with Crippen molar-refractivity contribution in [1.82, 2.24) is 0 Å². The highest BCUT2D eigenvalue weighted by Gasteiger charge is 2.04. The molecule has 0 atom stereocenters. The van der Waals surface area contributed by atoms with Crippen molar-refractivity contribution in [3.8, 4) is 0 Å². The van der Waals surface area contributed by atoms with Gasteiger partial charge in [0.05, 0.1) is 5.69 Å². The third-order valence-corrected chi connectivity index (χ3v) is 2.86. The molecule has 3 nitrogen and oxygen atoms in total. The first-order chi connectivity index (χ1) is 9.06. The monoisotopic (exact) mass is 278 g/mol. The zero-order valence-corrected chi connectivity index (χ0v) is 10.7. The van der Waals surface area contributed by atoms with Crippen molar-refractivity contribution in [3.05, 3.63) is 64.4 Å². The van der Waals surface area contributed by atoms with Crippen LogP contribution in [0.4, 0.5) is 10.1 Å². The summed E-state index contributed by atoms with van der Waals surface area (Å²) >= 11 is 5.67. The number of carbonyl (C=O) groups is 1. The summed E-state index contributed by atoms with van der Waals surface area (Å²) in [5.74, 6) is -0.905. The summed E-state index contributed by atoms with van der Waals surface area (Å²) in [5, 5.41) is 3.28. The van der Waals surface area contributed by atoms with Crippen molar-refractivity contribution in [2.45, 2.75) is 6.54 Å². The Hall–Kier alpha value is -2.07. The Labute approximate surface area is 115 Å². The Balaban J connectivity index is 2.10. The van der Waals surface area contributed by atoms with E-state index in [1.165, 1.54) is 6.07 Å². The number of primary amides is 1. The number of hydrogen-bond donors (Lipinski definition) is 2. The molecule has 0 aliphatic heterocycles. The first kappa shape index (κ1) is 13.4. The molecule has 0 saturated carbocycles. The average molecular weight is 279 g/mol. The van der Waals surface area contributed by atoms with E-state index in [0.29, 0.717) is 22.8 Å². The lowest BCUT2D eigenvalue weighted by Crippen LogP contribution is -2.11. The van der Waals surface area contributed by atoms with Gasteiger partial charge in [-0.3, -0.25) is 4.79 Å². The van der Waals surface area contributed by atoms with Gasteiger partial charge in [-0.05, 0) is 35.9 Å². The molecule has 1 amide bonds. The third-order valence-electron chi connectivity index (χ3n) is 2.63. The maximum absolute atomic E-state index is 13.5. The van der Waals surface area contributed by atoms with E-state index in [1.54, 1.807) is 30.3 Å². The molecule has 98 valence electrons. The average Bonchev–Trinajstić information content (AvgIpc) is 2.38. The van der Waals surface area contributed by atoms with E-state index in [2.05, 4.69) is 5.32 Å². The number of hydrogen-bond acceptors (Lipinski definition) is 2. The third kappa shape index (κ3) is 3.45. The Morgan fingerprint density at radius 2 is 2.05 bits per heavy atom. The molecular weight excluding hydrogens is 267 g/mol. The van der Waals surface area contributed by atoms with Crippen molar-refractivity contribution in [2.75, 3.05) is 5.32 Å².